The molecule has 2 aromatic carbocycles. The number of anilines is 1. The molecule has 1 aliphatic rings. The highest BCUT2D eigenvalue weighted by molar-refractivity contribution is 9.10. The van der Waals surface area contributed by atoms with Gasteiger partial charge in [0.25, 0.3) is 0 Å². The van der Waals surface area contributed by atoms with E-state index in [9.17, 15) is 18.0 Å². The maximum atomic E-state index is 13.6. The fourth-order valence-corrected chi connectivity index (χ4v) is 5.73. The van der Waals surface area contributed by atoms with E-state index in [0.29, 0.717) is 5.02 Å². The number of amides is 2. The first kappa shape index (κ1) is 27.8. The zero-order valence-corrected chi connectivity index (χ0v) is 23.4. The van der Waals surface area contributed by atoms with Gasteiger partial charge in [0.05, 0.1) is 17.0 Å². The number of carbonyl (C=O) groups is 2. The third kappa shape index (κ3) is 7.59. The quantitative estimate of drug-likeness (QED) is 0.436. The Morgan fingerprint density at radius 1 is 1.11 bits per heavy atom. The van der Waals surface area contributed by atoms with E-state index in [4.69, 9.17) is 23.2 Å². The molecule has 1 saturated carbocycles. The predicted molar refractivity (Wildman–Crippen MR) is 143 cm³/mol. The van der Waals surface area contributed by atoms with Gasteiger partial charge in [-0.2, -0.15) is 0 Å². The fourth-order valence-electron chi connectivity index (χ4n) is 4.04. The van der Waals surface area contributed by atoms with Crippen molar-refractivity contribution in [2.24, 2.45) is 0 Å². The molecule has 2 amide bonds. The van der Waals surface area contributed by atoms with Crippen molar-refractivity contribution in [3.05, 3.63) is 62.5 Å². The van der Waals surface area contributed by atoms with Crippen molar-refractivity contribution in [3.8, 4) is 0 Å². The molecule has 0 heterocycles. The summed E-state index contributed by atoms with van der Waals surface area (Å²) in [5, 5.41) is 3.47. The molecule has 1 N–H and O–H groups in total. The molecular formula is C24H28BrCl2N3O4S. The molecule has 35 heavy (non-hydrogen) atoms. The molecule has 7 nitrogen and oxygen atoms in total. The van der Waals surface area contributed by atoms with Gasteiger partial charge >= 0.3 is 0 Å². The second kappa shape index (κ2) is 12.0. The topological polar surface area (TPSA) is 86.8 Å². The lowest BCUT2D eigenvalue weighted by Gasteiger charge is -2.32. The summed E-state index contributed by atoms with van der Waals surface area (Å²) < 4.78 is 27.1. The van der Waals surface area contributed by atoms with Crippen molar-refractivity contribution < 1.29 is 18.0 Å². The number of halogens is 3. The minimum absolute atomic E-state index is 0.0926. The molecule has 0 spiro atoms. The first-order valence-corrected chi connectivity index (χ1v) is 14.6. The second-order valence-corrected chi connectivity index (χ2v) is 12.3. The third-order valence-corrected chi connectivity index (χ3v) is 8.19. The summed E-state index contributed by atoms with van der Waals surface area (Å²) in [5.74, 6) is -0.795. The average molecular weight is 605 g/mol. The summed E-state index contributed by atoms with van der Waals surface area (Å²) in [7, 11) is -3.87. The minimum atomic E-state index is -3.87. The molecule has 2 aromatic rings. The molecule has 1 fully saturated rings. The molecule has 190 valence electrons. The van der Waals surface area contributed by atoms with Crippen molar-refractivity contribution >= 4 is 66.7 Å². The summed E-state index contributed by atoms with van der Waals surface area (Å²) in [6.07, 6.45) is 4.95. The number of nitrogens with one attached hydrogen (secondary N) is 1. The molecule has 0 radical (unpaired) electrons. The van der Waals surface area contributed by atoms with Crippen LogP contribution in [0.15, 0.2) is 46.9 Å². The lowest BCUT2D eigenvalue weighted by molar-refractivity contribution is -0.139. The summed E-state index contributed by atoms with van der Waals surface area (Å²) in [6.45, 7) is 1.27. The fraction of sp³-hybridized carbons (Fsp3) is 0.417. The Labute approximate surface area is 224 Å². The Morgan fingerprint density at radius 3 is 2.31 bits per heavy atom. The largest absolute Gasteiger partial charge is 0.352 e. The smallest absolute Gasteiger partial charge is 0.244 e. The molecular weight excluding hydrogens is 577 g/mol. The highest BCUT2D eigenvalue weighted by Crippen LogP contribution is 2.30. The lowest BCUT2D eigenvalue weighted by Crippen LogP contribution is -2.52. The molecule has 0 saturated heterocycles. The number of hydrogen-bond donors (Lipinski definition) is 1. The van der Waals surface area contributed by atoms with Crippen LogP contribution in [0.3, 0.4) is 0 Å². The van der Waals surface area contributed by atoms with Gasteiger partial charge in [-0.1, -0.05) is 64.1 Å². The number of carbonyl (C=O) groups excluding carboxylic acids is 2. The van der Waals surface area contributed by atoms with Crippen LogP contribution in [-0.2, 0) is 26.2 Å². The van der Waals surface area contributed by atoms with Crippen molar-refractivity contribution in [1.29, 1.82) is 0 Å². The monoisotopic (exact) mass is 603 g/mol. The normalized spacial score (nSPS) is 15.0. The van der Waals surface area contributed by atoms with Crippen LogP contribution in [0, 0.1) is 0 Å². The van der Waals surface area contributed by atoms with E-state index >= 15 is 0 Å². The molecule has 1 aliphatic carbocycles. The standard InChI is InChI=1S/C24H28BrCl2N3O4S/c1-16(24(32)28-20-5-3-4-6-20)29(14-17-7-9-18(25)10-8-17)23(31)15-30(35(2,33)34)22-12-11-19(26)13-21(22)27/h7-13,16,20H,3-6,14-15H2,1-2H3,(H,28,32). The van der Waals surface area contributed by atoms with E-state index in [1.54, 1.807) is 6.92 Å². The Balaban J connectivity index is 1.89. The van der Waals surface area contributed by atoms with E-state index < -0.39 is 28.5 Å². The van der Waals surface area contributed by atoms with Gasteiger partial charge in [-0.05, 0) is 55.7 Å². The molecule has 1 atom stereocenters. The Kier molecular flexibility index (Phi) is 9.48. The van der Waals surface area contributed by atoms with Crippen molar-refractivity contribution in [2.45, 2.75) is 51.2 Å². The maximum Gasteiger partial charge on any atom is 0.244 e. The number of hydrogen-bond acceptors (Lipinski definition) is 4. The van der Waals surface area contributed by atoms with Crippen LogP contribution in [0.5, 0.6) is 0 Å². The van der Waals surface area contributed by atoms with Crippen LogP contribution in [0.1, 0.15) is 38.2 Å². The number of benzene rings is 2. The summed E-state index contributed by atoms with van der Waals surface area (Å²) in [6, 6.07) is 11.0. The van der Waals surface area contributed by atoms with E-state index in [1.165, 1.54) is 23.1 Å². The van der Waals surface area contributed by atoms with E-state index in [1.807, 2.05) is 24.3 Å². The first-order chi connectivity index (χ1) is 16.5. The highest BCUT2D eigenvalue weighted by Gasteiger charge is 2.32. The van der Waals surface area contributed by atoms with Crippen LogP contribution in [-0.4, -0.2) is 50.0 Å². The predicted octanol–water partition coefficient (Wildman–Crippen LogP) is 5.00. The van der Waals surface area contributed by atoms with Crippen LogP contribution >= 0.6 is 39.1 Å². The first-order valence-electron chi connectivity index (χ1n) is 11.2. The van der Waals surface area contributed by atoms with Crippen molar-refractivity contribution in [2.75, 3.05) is 17.1 Å². The highest BCUT2D eigenvalue weighted by atomic mass is 79.9. The minimum Gasteiger partial charge on any atom is -0.352 e. The van der Waals surface area contributed by atoms with Gasteiger partial charge in [0.1, 0.15) is 12.6 Å². The number of nitrogens with zero attached hydrogens (tertiary/aromatic N) is 2. The molecule has 0 aromatic heterocycles. The maximum absolute atomic E-state index is 13.6. The van der Waals surface area contributed by atoms with E-state index in [2.05, 4.69) is 21.2 Å². The van der Waals surface area contributed by atoms with Gasteiger partial charge in [0, 0.05) is 22.1 Å². The van der Waals surface area contributed by atoms with Gasteiger partial charge in [-0.25, -0.2) is 8.42 Å². The van der Waals surface area contributed by atoms with E-state index in [0.717, 1.165) is 46.3 Å². The third-order valence-electron chi connectivity index (χ3n) is 5.99. The van der Waals surface area contributed by atoms with E-state index in [-0.39, 0.29) is 29.2 Å². The van der Waals surface area contributed by atoms with Crippen molar-refractivity contribution in [1.82, 2.24) is 10.2 Å². The molecule has 0 aliphatic heterocycles. The second-order valence-electron chi connectivity index (χ2n) is 8.68. The molecule has 3 rings (SSSR count). The van der Waals surface area contributed by atoms with Crippen LogP contribution in [0.4, 0.5) is 5.69 Å². The van der Waals surface area contributed by atoms with Gasteiger partial charge in [0.2, 0.25) is 21.8 Å². The molecule has 11 heteroatoms. The van der Waals surface area contributed by atoms with Crippen LogP contribution in [0.25, 0.3) is 0 Å². The van der Waals surface area contributed by atoms with Crippen LogP contribution in [0.2, 0.25) is 10.0 Å². The Hall–Kier alpha value is -1.81. The summed E-state index contributed by atoms with van der Waals surface area (Å²) >= 11 is 15.6. The lowest BCUT2D eigenvalue weighted by atomic mass is 10.1. The zero-order valence-electron chi connectivity index (χ0n) is 19.5. The molecule has 0 bridgehead atoms. The Bertz CT molecular complexity index is 1170. The molecule has 1 unspecified atom stereocenters. The number of rotatable bonds is 9. The Morgan fingerprint density at radius 2 is 1.74 bits per heavy atom. The summed E-state index contributed by atoms with van der Waals surface area (Å²) in [5.41, 5.74) is 0.941. The van der Waals surface area contributed by atoms with Crippen LogP contribution < -0.4 is 9.62 Å². The SMILES string of the molecule is CC(C(=O)NC1CCCC1)N(Cc1ccc(Br)cc1)C(=O)CN(c1ccc(Cl)cc1Cl)S(C)(=O)=O. The zero-order chi connectivity index (χ0) is 25.8. The van der Waals surface area contributed by atoms with Gasteiger partial charge in [0.15, 0.2) is 0 Å². The van der Waals surface area contributed by atoms with Gasteiger partial charge in [-0.3, -0.25) is 13.9 Å². The number of sulfonamides is 1. The van der Waals surface area contributed by atoms with Gasteiger partial charge < -0.3 is 10.2 Å². The summed E-state index contributed by atoms with van der Waals surface area (Å²) in [4.78, 5) is 28.0. The van der Waals surface area contributed by atoms with Crippen molar-refractivity contribution in [3.63, 3.8) is 0 Å². The average Bonchev–Trinajstić information content (AvgIpc) is 3.29. The van der Waals surface area contributed by atoms with Gasteiger partial charge in [-0.15, -0.1) is 0 Å².